The lowest BCUT2D eigenvalue weighted by molar-refractivity contribution is 0.0783. The highest BCUT2D eigenvalue weighted by Crippen LogP contribution is 2.27. The van der Waals surface area contributed by atoms with Gasteiger partial charge in [0.05, 0.1) is 30.1 Å². The summed E-state index contributed by atoms with van der Waals surface area (Å²) >= 11 is 5.04. The Morgan fingerprint density at radius 1 is 1.24 bits per heavy atom. The van der Waals surface area contributed by atoms with Gasteiger partial charge in [0.1, 0.15) is 11.5 Å². The first-order valence-electron chi connectivity index (χ1n) is 6.27. The molecule has 1 amide bonds. The van der Waals surface area contributed by atoms with Crippen molar-refractivity contribution in [2.24, 2.45) is 0 Å². The second-order valence-corrected chi connectivity index (χ2v) is 6.98. The molecule has 0 saturated heterocycles. The number of hydrogen-bond donors (Lipinski definition) is 0. The van der Waals surface area contributed by atoms with Gasteiger partial charge >= 0.3 is 0 Å². The number of nitrogens with zero attached hydrogens (tertiary/aromatic N) is 1. The van der Waals surface area contributed by atoms with Crippen molar-refractivity contribution in [3.05, 3.63) is 44.6 Å². The molecule has 1 aromatic heterocycles. The molecule has 0 spiro atoms. The Balaban J connectivity index is 2.18. The van der Waals surface area contributed by atoms with Crippen LogP contribution in [0.3, 0.4) is 0 Å². The predicted molar refractivity (Wildman–Crippen MR) is 87.4 cm³/mol. The minimum absolute atomic E-state index is 0.0842. The maximum atomic E-state index is 12.5. The molecule has 0 atom stereocenters. The number of benzene rings is 1. The van der Waals surface area contributed by atoms with Crippen molar-refractivity contribution in [3.8, 4) is 11.5 Å². The van der Waals surface area contributed by atoms with Crippen LogP contribution in [0.5, 0.6) is 11.5 Å². The summed E-state index contributed by atoms with van der Waals surface area (Å²) in [6.45, 7) is 0.560. The molecule has 0 aliphatic rings. The van der Waals surface area contributed by atoms with Crippen LogP contribution in [-0.2, 0) is 6.54 Å². The van der Waals surface area contributed by atoms with E-state index in [2.05, 4.69) is 15.9 Å². The monoisotopic (exact) mass is 369 g/mol. The number of rotatable bonds is 5. The lowest BCUT2D eigenvalue weighted by Crippen LogP contribution is -2.26. The van der Waals surface area contributed by atoms with E-state index in [4.69, 9.17) is 9.47 Å². The number of thiophene rings is 1. The summed E-state index contributed by atoms with van der Waals surface area (Å²) in [5.74, 6) is 1.09. The summed E-state index contributed by atoms with van der Waals surface area (Å²) in [5.41, 5.74) is 0.524. The third-order valence-electron chi connectivity index (χ3n) is 3.01. The third-order valence-corrected chi connectivity index (χ3v) is 4.62. The first-order valence-corrected chi connectivity index (χ1v) is 7.87. The fourth-order valence-corrected chi connectivity index (χ4v) is 3.46. The molecule has 0 aliphatic carbocycles. The minimum atomic E-state index is -0.0842. The van der Waals surface area contributed by atoms with E-state index < -0.39 is 0 Å². The summed E-state index contributed by atoms with van der Waals surface area (Å²) in [4.78, 5) is 15.3. The molecule has 0 fully saturated rings. The Labute approximate surface area is 136 Å². The van der Waals surface area contributed by atoms with E-state index >= 15 is 0 Å². The number of ether oxygens (including phenoxy) is 2. The van der Waals surface area contributed by atoms with Gasteiger partial charge in [0.2, 0.25) is 0 Å². The normalized spacial score (nSPS) is 10.3. The van der Waals surface area contributed by atoms with Gasteiger partial charge in [-0.2, -0.15) is 0 Å². The Hall–Kier alpha value is -1.53. The van der Waals surface area contributed by atoms with Crippen LogP contribution >= 0.6 is 27.3 Å². The van der Waals surface area contributed by atoms with E-state index in [0.717, 1.165) is 8.66 Å². The highest BCUT2D eigenvalue weighted by molar-refractivity contribution is 9.11. The maximum absolute atomic E-state index is 12.5. The summed E-state index contributed by atoms with van der Waals surface area (Å²) in [7, 11) is 4.90. The number of halogens is 1. The van der Waals surface area contributed by atoms with Crippen LogP contribution in [0.2, 0.25) is 0 Å². The molecule has 0 radical (unpaired) electrons. The van der Waals surface area contributed by atoms with Gasteiger partial charge < -0.3 is 14.4 Å². The molecular weight excluding hydrogens is 354 g/mol. The van der Waals surface area contributed by atoms with Gasteiger partial charge in [-0.05, 0) is 40.2 Å². The summed E-state index contributed by atoms with van der Waals surface area (Å²) in [6.07, 6.45) is 0. The minimum Gasteiger partial charge on any atom is -0.497 e. The number of carbonyl (C=O) groups is 1. The Morgan fingerprint density at radius 3 is 2.57 bits per heavy atom. The molecule has 0 bridgehead atoms. The second-order valence-electron chi connectivity index (χ2n) is 4.43. The topological polar surface area (TPSA) is 38.8 Å². The largest absolute Gasteiger partial charge is 0.497 e. The summed E-state index contributed by atoms with van der Waals surface area (Å²) < 4.78 is 11.5. The van der Waals surface area contributed by atoms with Gasteiger partial charge in [-0.15, -0.1) is 11.3 Å². The van der Waals surface area contributed by atoms with Gasteiger partial charge in [0.25, 0.3) is 5.91 Å². The highest BCUT2D eigenvalue weighted by Gasteiger charge is 2.18. The zero-order valence-electron chi connectivity index (χ0n) is 12.1. The van der Waals surface area contributed by atoms with Crippen LogP contribution < -0.4 is 9.47 Å². The SMILES string of the molecule is COc1ccc(C(=O)N(C)Cc2ccc(Br)s2)c(OC)c1. The van der Waals surface area contributed by atoms with Crippen LogP contribution in [0, 0.1) is 0 Å². The first kappa shape index (κ1) is 15.9. The third kappa shape index (κ3) is 3.77. The van der Waals surface area contributed by atoms with Gasteiger partial charge in [0.15, 0.2) is 0 Å². The quantitative estimate of drug-likeness (QED) is 0.804. The van der Waals surface area contributed by atoms with Gasteiger partial charge in [-0.25, -0.2) is 0 Å². The molecule has 4 nitrogen and oxygen atoms in total. The molecule has 21 heavy (non-hydrogen) atoms. The molecule has 0 unspecified atom stereocenters. The molecule has 1 heterocycles. The fraction of sp³-hybridized carbons (Fsp3) is 0.267. The predicted octanol–water partition coefficient (Wildman–Crippen LogP) is 3.80. The van der Waals surface area contributed by atoms with Crippen molar-refractivity contribution in [1.29, 1.82) is 0 Å². The standard InChI is InChI=1S/C15H16BrNO3S/c1-17(9-11-5-7-14(16)21-11)15(18)12-6-4-10(19-2)8-13(12)20-3/h4-8H,9H2,1-3H3. The van der Waals surface area contributed by atoms with E-state index in [1.165, 1.54) is 0 Å². The van der Waals surface area contributed by atoms with E-state index in [9.17, 15) is 4.79 Å². The molecule has 0 aliphatic heterocycles. The lowest BCUT2D eigenvalue weighted by Gasteiger charge is -2.18. The average Bonchev–Trinajstić information content (AvgIpc) is 2.90. The van der Waals surface area contributed by atoms with Crippen molar-refractivity contribution in [2.45, 2.75) is 6.54 Å². The average molecular weight is 370 g/mol. The van der Waals surface area contributed by atoms with Crippen LogP contribution in [-0.4, -0.2) is 32.1 Å². The number of methoxy groups -OCH3 is 2. The molecule has 2 rings (SSSR count). The van der Waals surface area contributed by atoms with Gasteiger partial charge in [0, 0.05) is 18.0 Å². The smallest absolute Gasteiger partial charge is 0.257 e. The zero-order chi connectivity index (χ0) is 15.4. The lowest BCUT2D eigenvalue weighted by atomic mass is 10.1. The molecule has 1 aromatic carbocycles. The van der Waals surface area contributed by atoms with E-state index in [-0.39, 0.29) is 5.91 Å². The molecule has 0 N–H and O–H groups in total. The van der Waals surface area contributed by atoms with Crippen molar-refractivity contribution >= 4 is 33.2 Å². The summed E-state index contributed by atoms with van der Waals surface area (Å²) in [6, 6.07) is 9.17. The summed E-state index contributed by atoms with van der Waals surface area (Å²) in [5, 5.41) is 0. The molecular formula is C15H16BrNO3S. The maximum Gasteiger partial charge on any atom is 0.257 e. The Bertz CT molecular complexity index is 642. The fourth-order valence-electron chi connectivity index (χ4n) is 1.92. The van der Waals surface area contributed by atoms with Crippen molar-refractivity contribution in [3.63, 3.8) is 0 Å². The van der Waals surface area contributed by atoms with Crippen LogP contribution in [0.25, 0.3) is 0 Å². The molecule has 112 valence electrons. The Morgan fingerprint density at radius 2 is 2.00 bits per heavy atom. The highest BCUT2D eigenvalue weighted by atomic mass is 79.9. The number of carbonyl (C=O) groups excluding carboxylic acids is 1. The van der Waals surface area contributed by atoms with E-state index in [0.29, 0.717) is 23.6 Å². The van der Waals surface area contributed by atoms with Gasteiger partial charge in [-0.1, -0.05) is 0 Å². The first-order chi connectivity index (χ1) is 10.0. The second kappa shape index (κ2) is 6.95. The molecule has 0 saturated carbocycles. The van der Waals surface area contributed by atoms with Crippen LogP contribution in [0.15, 0.2) is 34.1 Å². The van der Waals surface area contributed by atoms with E-state index in [1.807, 2.05) is 12.1 Å². The van der Waals surface area contributed by atoms with Crippen molar-refractivity contribution in [1.82, 2.24) is 4.90 Å². The van der Waals surface area contributed by atoms with Crippen molar-refractivity contribution < 1.29 is 14.3 Å². The molecule has 2 aromatic rings. The van der Waals surface area contributed by atoms with Crippen LogP contribution in [0.1, 0.15) is 15.2 Å². The van der Waals surface area contributed by atoms with Crippen molar-refractivity contribution in [2.75, 3.05) is 21.3 Å². The number of hydrogen-bond acceptors (Lipinski definition) is 4. The zero-order valence-corrected chi connectivity index (χ0v) is 14.5. The Kier molecular flexibility index (Phi) is 5.25. The van der Waals surface area contributed by atoms with Gasteiger partial charge in [-0.3, -0.25) is 4.79 Å². The van der Waals surface area contributed by atoms with Crippen LogP contribution in [0.4, 0.5) is 0 Å². The number of amides is 1. The molecule has 6 heteroatoms. The van der Waals surface area contributed by atoms with E-state index in [1.54, 1.807) is 55.7 Å².